The molecule has 30 heavy (non-hydrogen) atoms. The fourth-order valence-corrected chi connectivity index (χ4v) is 4.77. The van der Waals surface area contributed by atoms with E-state index in [-0.39, 0.29) is 10.6 Å². The minimum Gasteiger partial charge on any atom is -0.362 e. The highest BCUT2D eigenvalue weighted by atomic mass is 35.5. The highest BCUT2D eigenvalue weighted by Gasteiger charge is 2.36. The number of hydrogen-bond donors (Lipinski definition) is 1. The quantitative estimate of drug-likeness (QED) is 0.641. The van der Waals surface area contributed by atoms with Gasteiger partial charge in [-0.2, -0.15) is 18.3 Å². The maximum atomic E-state index is 13.5. The Morgan fingerprint density at radius 3 is 2.80 bits per heavy atom. The number of aromatic amines is 1. The number of benzene rings is 1. The van der Waals surface area contributed by atoms with Crippen LogP contribution in [0.25, 0.3) is 0 Å². The van der Waals surface area contributed by atoms with Crippen LogP contribution < -0.4 is 10.5 Å². The number of halogens is 4. The number of hydrogen-bond acceptors (Lipinski definition) is 5. The van der Waals surface area contributed by atoms with Crippen molar-refractivity contribution in [2.75, 3.05) is 17.7 Å². The Labute approximate surface area is 179 Å². The standard InChI is InChI=1S/C19H17ClF3N5OS/c1-30-18(11-4-2-3-5-12(11)19(21,22)23)28-10-24-13-9-27(7-6-14(13)28)15-8-25-26-17(29)16(15)20/h2-5,8,10,18H,6-7,9H2,1H3,(H,26,29). The number of alkyl halides is 3. The predicted molar refractivity (Wildman–Crippen MR) is 110 cm³/mol. The molecule has 0 spiro atoms. The van der Waals surface area contributed by atoms with E-state index in [1.807, 2.05) is 4.90 Å². The minimum atomic E-state index is -4.44. The van der Waals surface area contributed by atoms with Gasteiger partial charge in [-0.05, 0) is 17.9 Å². The van der Waals surface area contributed by atoms with Crippen LogP contribution in [0.4, 0.5) is 18.9 Å². The zero-order valence-electron chi connectivity index (χ0n) is 15.8. The lowest BCUT2D eigenvalue weighted by atomic mass is 10.1. The van der Waals surface area contributed by atoms with Crippen molar-refractivity contribution >= 4 is 29.1 Å². The molecular weight excluding hydrogens is 439 g/mol. The van der Waals surface area contributed by atoms with Crippen LogP contribution in [0.15, 0.2) is 41.6 Å². The molecule has 0 fully saturated rings. The molecule has 1 atom stereocenters. The van der Waals surface area contributed by atoms with E-state index in [2.05, 4.69) is 15.2 Å². The summed E-state index contributed by atoms with van der Waals surface area (Å²) in [6.07, 6.45) is 0.951. The van der Waals surface area contributed by atoms with Gasteiger partial charge >= 0.3 is 6.18 Å². The van der Waals surface area contributed by atoms with Gasteiger partial charge in [0.05, 0.1) is 36.0 Å². The second kappa shape index (κ2) is 7.99. The van der Waals surface area contributed by atoms with Gasteiger partial charge in [0.1, 0.15) is 10.4 Å². The molecule has 158 valence electrons. The average Bonchev–Trinajstić information content (AvgIpc) is 3.13. The van der Waals surface area contributed by atoms with Crippen LogP contribution in [0.1, 0.15) is 27.9 Å². The lowest BCUT2D eigenvalue weighted by Gasteiger charge is -2.30. The van der Waals surface area contributed by atoms with Crippen LogP contribution in [-0.4, -0.2) is 32.5 Å². The van der Waals surface area contributed by atoms with Crippen LogP contribution >= 0.6 is 23.4 Å². The number of rotatable bonds is 4. The Morgan fingerprint density at radius 1 is 1.30 bits per heavy atom. The van der Waals surface area contributed by atoms with Crippen molar-refractivity contribution in [3.8, 4) is 0 Å². The molecule has 1 N–H and O–H groups in total. The monoisotopic (exact) mass is 455 g/mol. The Bertz CT molecular complexity index is 1130. The van der Waals surface area contributed by atoms with Crippen molar-refractivity contribution in [3.05, 3.63) is 74.7 Å². The maximum Gasteiger partial charge on any atom is 0.416 e. The number of thioether (sulfide) groups is 1. The second-order valence-electron chi connectivity index (χ2n) is 6.79. The summed E-state index contributed by atoms with van der Waals surface area (Å²) < 4.78 is 42.4. The first-order chi connectivity index (χ1) is 14.3. The van der Waals surface area contributed by atoms with Gasteiger partial charge in [-0.1, -0.05) is 29.8 Å². The first-order valence-corrected chi connectivity index (χ1v) is 10.7. The van der Waals surface area contributed by atoms with E-state index < -0.39 is 22.7 Å². The molecule has 1 aromatic carbocycles. The van der Waals surface area contributed by atoms with Gasteiger partial charge in [0.2, 0.25) is 0 Å². The number of nitrogens with one attached hydrogen (secondary N) is 1. The minimum absolute atomic E-state index is 0.0500. The molecule has 0 bridgehead atoms. The molecule has 3 heterocycles. The molecule has 2 aromatic heterocycles. The van der Waals surface area contributed by atoms with Crippen molar-refractivity contribution in [1.29, 1.82) is 0 Å². The molecule has 0 aliphatic carbocycles. The van der Waals surface area contributed by atoms with E-state index in [1.54, 1.807) is 23.2 Å². The number of aromatic nitrogens is 4. The van der Waals surface area contributed by atoms with E-state index in [0.29, 0.717) is 25.2 Å². The number of fused-ring (bicyclic) bond motifs is 1. The number of H-pyrrole nitrogens is 1. The Kier molecular flexibility index (Phi) is 5.54. The van der Waals surface area contributed by atoms with Gasteiger partial charge < -0.3 is 9.47 Å². The van der Waals surface area contributed by atoms with E-state index in [9.17, 15) is 18.0 Å². The van der Waals surface area contributed by atoms with Gasteiger partial charge in [-0.3, -0.25) is 4.79 Å². The summed E-state index contributed by atoms with van der Waals surface area (Å²) >= 11 is 7.43. The lowest BCUT2D eigenvalue weighted by molar-refractivity contribution is -0.138. The Hall–Kier alpha value is -2.46. The molecule has 0 radical (unpaired) electrons. The number of nitrogens with zero attached hydrogens (tertiary/aromatic N) is 4. The second-order valence-corrected chi connectivity index (χ2v) is 8.08. The molecule has 1 aliphatic heterocycles. The predicted octanol–water partition coefficient (Wildman–Crippen LogP) is 4.11. The summed E-state index contributed by atoms with van der Waals surface area (Å²) in [4.78, 5) is 18.1. The first-order valence-electron chi connectivity index (χ1n) is 9.03. The van der Waals surface area contributed by atoms with E-state index in [0.717, 1.165) is 17.5 Å². The third kappa shape index (κ3) is 3.69. The van der Waals surface area contributed by atoms with Gasteiger partial charge in [0.25, 0.3) is 5.56 Å². The van der Waals surface area contributed by atoms with Gasteiger partial charge in [0.15, 0.2) is 0 Å². The summed E-state index contributed by atoms with van der Waals surface area (Å²) in [5.74, 6) is 0. The highest BCUT2D eigenvalue weighted by Crippen LogP contribution is 2.40. The SMILES string of the molecule is CSC(c1ccccc1C(F)(F)F)n1cnc2c1CCN(c1cn[nH]c(=O)c1Cl)C2. The average molecular weight is 456 g/mol. The number of anilines is 1. The van der Waals surface area contributed by atoms with Crippen molar-refractivity contribution < 1.29 is 13.2 Å². The largest absolute Gasteiger partial charge is 0.416 e. The fraction of sp³-hybridized carbons (Fsp3) is 0.316. The Morgan fingerprint density at radius 2 is 2.07 bits per heavy atom. The zero-order chi connectivity index (χ0) is 21.5. The van der Waals surface area contributed by atoms with Gasteiger partial charge in [0, 0.05) is 18.7 Å². The van der Waals surface area contributed by atoms with E-state index in [4.69, 9.17) is 11.6 Å². The third-order valence-electron chi connectivity index (χ3n) is 5.07. The Balaban J connectivity index is 1.69. The van der Waals surface area contributed by atoms with E-state index >= 15 is 0 Å². The molecule has 1 aliphatic rings. The van der Waals surface area contributed by atoms with Gasteiger partial charge in [-0.25, -0.2) is 10.1 Å². The summed E-state index contributed by atoms with van der Waals surface area (Å²) in [5.41, 5.74) is 1.19. The molecule has 0 amide bonds. The molecule has 1 unspecified atom stereocenters. The van der Waals surface area contributed by atoms with Crippen LogP contribution in [0.3, 0.4) is 0 Å². The zero-order valence-corrected chi connectivity index (χ0v) is 17.4. The van der Waals surface area contributed by atoms with Crippen molar-refractivity contribution in [3.63, 3.8) is 0 Å². The van der Waals surface area contributed by atoms with Crippen LogP contribution in [0.2, 0.25) is 5.02 Å². The molecule has 4 rings (SSSR count). The number of imidazole rings is 1. The molecular formula is C19H17ClF3N5OS. The smallest absolute Gasteiger partial charge is 0.362 e. The maximum absolute atomic E-state index is 13.5. The topological polar surface area (TPSA) is 66.8 Å². The van der Waals surface area contributed by atoms with Crippen LogP contribution in [0, 0.1) is 0 Å². The van der Waals surface area contributed by atoms with Crippen molar-refractivity contribution in [1.82, 2.24) is 19.7 Å². The lowest BCUT2D eigenvalue weighted by Crippen LogP contribution is -2.33. The normalized spacial score (nSPS) is 15.2. The summed E-state index contributed by atoms with van der Waals surface area (Å²) in [6.45, 7) is 0.917. The molecule has 3 aromatic rings. The third-order valence-corrected chi connectivity index (χ3v) is 6.36. The molecule has 0 saturated carbocycles. The van der Waals surface area contributed by atoms with Gasteiger partial charge in [-0.15, -0.1) is 11.8 Å². The molecule has 0 saturated heterocycles. The summed E-state index contributed by atoms with van der Waals surface area (Å²) in [6, 6.07) is 5.62. The van der Waals surface area contributed by atoms with Crippen LogP contribution in [0.5, 0.6) is 0 Å². The van der Waals surface area contributed by atoms with Crippen LogP contribution in [-0.2, 0) is 19.1 Å². The van der Waals surface area contributed by atoms with E-state index in [1.165, 1.54) is 30.1 Å². The first kappa shape index (κ1) is 20.8. The molecule has 6 nitrogen and oxygen atoms in total. The highest BCUT2D eigenvalue weighted by molar-refractivity contribution is 7.98. The van der Waals surface area contributed by atoms with Crippen molar-refractivity contribution in [2.24, 2.45) is 0 Å². The summed E-state index contributed by atoms with van der Waals surface area (Å²) in [7, 11) is 0. The van der Waals surface area contributed by atoms with Crippen molar-refractivity contribution in [2.45, 2.75) is 24.5 Å². The fourth-order valence-electron chi connectivity index (χ4n) is 3.69. The summed E-state index contributed by atoms with van der Waals surface area (Å²) in [5, 5.41) is 5.57. The molecule has 11 heteroatoms.